The predicted molar refractivity (Wildman–Crippen MR) is 153 cm³/mol. The normalized spacial score (nSPS) is 11.6. The molecule has 0 aliphatic carbocycles. The summed E-state index contributed by atoms with van der Waals surface area (Å²) < 4.78 is 0. The number of carbonyl (C=O) groups is 1. The molecule has 0 aliphatic heterocycles. The highest BCUT2D eigenvalue weighted by Crippen LogP contribution is 2.37. The van der Waals surface area contributed by atoms with E-state index in [1.807, 2.05) is 38.2 Å². The van der Waals surface area contributed by atoms with Crippen molar-refractivity contribution in [3.05, 3.63) is 77.9 Å². The van der Waals surface area contributed by atoms with Crippen molar-refractivity contribution in [1.29, 1.82) is 0 Å². The topological polar surface area (TPSA) is 86.5 Å². The van der Waals surface area contributed by atoms with Crippen LogP contribution in [0.3, 0.4) is 0 Å². The first-order chi connectivity index (χ1) is 17.9. The summed E-state index contributed by atoms with van der Waals surface area (Å²) in [5, 5.41) is 13.0. The highest BCUT2D eigenvalue weighted by molar-refractivity contribution is 7.15. The summed E-state index contributed by atoms with van der Waals surface area (Å²) in [5.41, 5.74) is 7.74. The lowest BCUT2D eigenvalue weighted by Crippen LogP contribution is -2.13. The van der Waals surface area contributed by atoms with Crippen molar-refractivity contribution < 1.29 is 4.79 Å². The number of carbonyl (C=O) groups excluding carboxylic acids is 1. The second kappa shape index (κ2) is 9.33. The number of aromatic amines is 2. The van der Waals surface area contributed by atoms with Crippen LogP contribution in [-0.2, 0) is 4.79 Å². The molecule has 37 heavy (non-hydrogen) atoms. The van der Waals surface area contributed by atoms with E-state index in [0.29, 0.717) is 18.0 Å². The monoisotopic (exact) mass is 505 g/mol. The summed E-state index contributed by atoms with van der Waals surface area (Å²) in [6.07, 6.45) is 3.98. The van der Waals surface area contributed by atoms with E-state index in [9.17, 15) is 4.79 Å². The van der Waals surface area contributed by atoms with Crippen LogP contribution in [0.5, 0.6) is 0 Å². The maximum atomic E-state index is 12.2. The van der Waals surface area contributed by atoms with Gasteiger partial charge in [-0.05, 0) is 60.9 Å². The van der Waals surface area contributed by atoms with Crippen molar-refractivity contribution >= 4 is 44.7 Å². The number of nitrogens with zero attached hydrogens (tertiary/aromatic N) is 2. The number of fused-ring (bicyclic) bond motifs is 2. The Morgan fingerprint density at radius 2 is 1.86 bits per heavy atom. The van der Waals surface area contributed by atoms with Crippen LogP contribution in [0.25, 0.3) is 54.8 Å². The van der Waals surface area contributed by atoms with Gasteiger partial charge in [-0.1, -0.05) is 32.0 Å². The lowest BCUT2D eigenvalue weighted by atomic mass is 10.0. The van der Waals surface area contributed by atoms with Crippen LogP contribution >= 0.6 is 11.3 Å². The molecule has 6 aromatic rings. The van der Waals surface area contributed by atoms with Crippen molar-refractivity contribution in [3.63, 3.8) is 0 Å². The molecule has 0 saturated heterocycles. The van der Waals surface area contributed by atoms with Crippen molar-refractivity contribution in [2.24, 2.45) is 5.92 Å². The molecule has 2 aromatic carbocycles. The zero-order chi connectivity index (χ0) is 25.5. The summed E-state index contributed by atoms with van der Waals surface area (Å²) in [4.78, 5) is 22.7. The Bertz CT molecular complexity index is 1760. The van der Waals surface area contributed by atoms with Gasteiger partial charge in [0.1, 0.15) is 5.69 Å². The van der Waals surface area contributed by atoms with Gasteiger partial charge in [-0.15, -0.1) is 11.3 Å². The average molecular weight is 506 g/mol. The molecule has 3 N–H and O–H groups in total. The number of pyridine rings is 1. The number of aryl methyl sites for hydroxylation is 1. The van der Waals surface area contributed by atoms with Gasteiger partial charge in [0.15, 0.2) is 0 Å². The molecule has 6 nitrogen and oxygen atoms in total. The summed E-state index contributed by atoms with van der Waals surface area (Å²) >= 11 is 1.80. The minimum atomic E-state index is -0.00240. The SMILES string of the molecule is Cc1ccc(-c2cccc3[nH]c(-c4n[nH]c5ccc(-c6cncc(NC(=O)CC(C)C)c6)cc45)cc23)s1. The van der Waals surface area contributed by atoms with Crippen LogP contribution in [0.2, 0.25) is 0 Å². The first-order valence-corrected chi connectivity index (χ1v) is 13.2. The van der Waals surface area contributed by atoms with E-state index >= 15 is 0 Å². The number of anilines is 1. The van der Waals surface area contributed by atoms with Gasteiger partial charge in [0, 0.05) is 49.8 Å². The summed E-state index contributed by atoms with van der Waals surface area (Å²) in [6, 6.07) is 21.1. The summed E-state index contributed by atoms with van der Waals surface area (Å²) in [7, 11) is 0. The number of amides is 1. The van der Waals surface area contributed by atoms with Crippen molar-refractivity contribution in [3.8, 4) is 33.0 Å². The van der Waals surface area contributed by atoms with E-state index in [4.69, 9.17) is 0 Å². The van der Waals surface area contributed by atoms with Crippen LogP contribution in [0.1, 0.15) is 25.1 Å². The Kier molecular flexibility index (Phi) is 5.85. The average Bonchev–Trinajstić information content (AvgIpc) is 3.60. The standard InChI is InChI=1S/C30H27N5OS/c1-17(2)11-29(36)32-21-12-20(15-31-16-21)19-8-9-26-24(13-19)30(35-34-26)27-14-23-22(5-4-6-25(23)33-27)28-10-7-18(3)37-28/h4-10,12-17,33H,11H2,1-3H3,(H,32,36)(H,34,35). The van der Waals surface area contributed by atoms with E-state index < -0.39 is 0 Å². The van der Waals surface area contributed by atoms with Gasteiger partial charge < -0.3 is 10.3 Å². The smallest absolute Gasteiger partial charge is 0.224 e. The molecular formula is C30H27N5OS. The third kappa shape index (κ3) is 4.54. The lowest BCUT2D eigenvalue weighted by molar-refractivity contribution is -0.116. The number of hydrogen-bond acceptors (Lipinski definition) is 4. The van der Waals surface area contributed by atoms with Crippen molar-refractivity contribution in [1.82, 2.24) is 20.2 Å². The zero-order valence-electron chi connectivity index (χ0n) is 20.9. The molecule has 0 fully saturated rings. The first-order valence-electron chi connectivity index (χ1n) is 12.4. The fourth-order valence-electron chi connectivity index (χ4n) is 4.72. The van der Waals surface area contributed by atoms with Gasteiger partial charge in [0.05, 0.1) is 23.1 Å². The van der Waals surface area contributed by atoms with Gasteiger partial charge in [-0.3, -0.25) is 14.9 Å². The largest absolute Gasteiger partial charge is 0.353 e. The molecule has 0 radical (unpaired) electrons. The Hall–Kier alpha value is -4.23. The number of rotatable bonds is 6. The number of aromatic nitrogens is 4. The Labute approximate surface area is 218 Å². The fraction of sp³-hybridized carbons (Fsp3) is 0.167. The van der Waals surface area contributed by atoms with Gasteiger partial charge in [0.25, 0.3) is 0 Å². The Morgan fingerprint density at radius 3 is 2.68 bits per heavy atom. The Morgan fingerprint density at radius 1 is 0.973 bits per heavy atom. The molecule has 1 amide bonds. The molecule has 6 rings (SSSR count). The molecule has 4 heterocycles. The van der Waals surface area contributed by atoms with Gasteiger partial charge in [-0.25, -0.2) is 0 Å². The van der Waals surface area contributed by atoms with E-state index in [1.165, 1.54) is 20.7 Å². The van der Waals surface area contributed by atoms with E-state index in [0.717, 1.165) is 38.9 Å². The van der Waals surface area contributed by atoms with Gasteiger partial charge >= 0.3 is 0 Å². The van der Waals surface area contributed by atoms with Crippen LogP contribution < -0.4 is 5.32 Å². The van der Waals surface area contributed by atoms with Crippen LogP contribution in [-0.4, -0.2) is 26.1 Å². The number of nitrogens with one attached hydrogen (secondary N) is 3. The third-order valence-electron chi connectivity index (χ3n) is 6.44. The van der Waals surface area contributed by atoms with Crippen LogP contribution in [0.15, 0.2) is 73.1 Å². The molecule has 0 spiro atoms. The molecule has 184 valence electrons. The van der Waals surface area contributed by atoms with E-state index in [2.05, 4.69) is 74.9 Å². The number of benzene rings is 2. The second-order valence-electron chi connectivity index (χ2n) is 9.80. The highest BCUT2D eigenvalue weighted by atomic mass is 32.1. The highest BCUT2D eigenvalue weighted by Gasteiger charge is 2.15. The first kappa shape index (κ1) is 23.2. The minimum absolute atomic E-state index is 0.00240. The Balaban J connectivity index is 1.38. The summed E-state index contributed by atoms with van der Waals surface area (Å²) in [5.74, 6) is 0.297. The molecule has 0 bridgehead atoms. The number of H-pyrrole nitrogens is 2. The second-order valence-corrected chi connectivity index (χ2v) is 11.1. The van der Waals surface area contributed by atoms with Crippen molar-refractivity contribution in [2.75, 3.05) is 5.32 Å². The third-order valence-corrected chi connectivity index (χ3v) is 7.47. The number of thiophene rings is 1. The fourth-order valence-corrected chi connectivity index (χ4v) is 5.63. The van der Waals surface area contributed by atoms with E-state index in [1.54, 1.807) is 17.5 Å². The molecule has 0 atom stereocenters. The maximum absolute atomic E-state index is 12.2. The molecule has 0 unspecified atom stereocenters. The van der Waals surface area contributed by atoms with Gasteiger partial charge in [0.2, 0.25) is 5.91 Å². The molecule has 4 aromatic heterocycles. The minimum Gasteiger partial charge on any atom is -0.353 e. The molecule has 7 heteroatoms. The summed E-state index contributed by atoms with van der Waals surface area (Å²) in [6.45, 7) is 6.20. The zero-order valence-corrected chi connectivity index (χ0v) is 21.7. The predicted octanol–water partition coefficient (Wildman–Crippen LogP) is 7.79. The maximum Gasteiger partial charge on any atom is 0.224 e. The molecule has 0 aliphatic rings. The van der Waals surface area contributed by atoms with Gasteiger partial charge in [-0.2, -0.15) is 5.10 Å². The molecule has 0 saturated carbocycles. The lowest BCUT2D eigenvalue weighted by Gasteiger charge is -2.09. The number of hydrogen-bond donors (Lipinski definition) is 3. The molecular weight excluding hydrogens is 478 g/mol. The van der Waals surface area contributed by atoms with Crippen LogP contribution in [0.4, 0.5) is 5.69 Å². The van der Waals surface area contributed by atoms with E-state index in [-0.39, 0.29) is 5.91 Å². The van der Waals surface area contributed by atoms with Crippen molar-refractivity contribution in [2.45, 2.75) is 27.2 Å². The van der Waals surface area contributed by atoms with Crippen LogP contribution in [0, 0.1) is 12.8 Å². The quantitative estimate of drug-likeness (QED) is 0.216.